The molecule has 0 bridgehead atoms. The second-order valence-corrected chi connectivity index (χ2v) is 5.78. The van der Waals surface area contributed by atoms with E-state index in [1.54, 1.807) is 0 Å². The first kappa shape index (κ1) is 22.5. The molecule has 1 amide bonds. The van der Waals surface area contributed by atoms with E-state index in [-0.39, 0.29) is 5.69 Å². The first-order valence-corrected chi connectivity index (χ1v) is 7.44. The maximum Gasteiger partial charge on any atom is 0.435 e. The van der Waals surface area contributed by atoms with E-state index in [0.717, 1.165) is 13.8 Å². The molecule has 0 aliphatic rings. The summed E-state index contributed by atoms with van der Waals surface area (Å²) in [5.41, 5.74) is -6.30. The summed E-state index contributed by atoms with van der Waals surface area (Å²) < 4.78 is 131. The zero-order chi connectivity index (χ0) is 22.5. The van der Waals surface area contributed by atoms with Crippen LogP contribution in [-0.4, -0.2) is 15.7 Å². The predicted molar refractivity (Wildman–Crippen MR) is 76.6 cm³/mol. The van der Waals surface area contributed by atoms with E-state index < -0.39 is 64.5 Å². The van der Waals surface area contributed by atoms with Crippen molar-refractivity contribution in [1.82, 2.24) is 9.78 Å². The Bertz CT molecular complexity index is 932. The molecule has 1 aromatic carbocycles. The van der Waals surface area contributed by atoms with Gasteiger partial charge in [0, 0.05) is 5.69 Å². The van der Waals surface area contributed by atoms with Crippen molar-refractivity contribution in [2.45, 2.75) is 32.2 Å². The number of nitrogens with zero attached hydrogens (tertiary/aromatic N) is 2. The quantitative estimate of drug-likeness (QED) is 0.544. The van der Waals surface area contributed by atoms with Crippen molar-refractivity contribution in [2.75, 3.05) is 5.32 Å². The molecule has 0 aliphatic carbocycles. The van der Waals surface area contributed by atoms with Gasteiger partial charge in [0.05, 0.1) is 0 Å². The van der Waals surface area contributed by atoms with E-state index in [0.29, 0.717) is 10.7 Å². The summed E-state index contributed by atoms with van der Waals surface area (Å²) in [5.74, 6) is -12.2. The molecule has 4 nitrogen and oxygen atoms in total. The largest absolute Gasteiger partial charge is 0.435 e. The van der Waals surface area contributed by atoms with E-state index >= 15 is 0 Å². The number of hydrogen-bond acceptors (Lipinski definition) is 2. The molecule has 0 radical (unpaired) electrons. The molecular weight excluding hydrogens is 428 g/mol. The predicted octanol–water partition coefficient (Wildman–Crippen LogP) is 4.99. The molecular formula is C15H9F10N3O. The van der Waals surface area contributed by atoms with Gasteiger partial charge in [-0.3, -0.25) is 9.48 Å². The highest BCUT2D eigenvalue weighted by atomic mass is 19.4. The molecule has 1 atom stereocenters. The number of alkyl halides is 6. The summed E-state index contributed by atoms with van der Waals surface area (Å²) in [6.45, 7) is 2.05. The van der Waals surface area contributed by atoms with Crippen LogP contribution in [0.4, 0.5) is 49.6 Å². The Morgan fingerprint density at radius 1 is 0.966 bits per heavy atom. The van der Waals surface area contributed by atoms with Crippen LogP contribution in [-0.2, 0) is 17.1 Å². The van der Waals surface area contributed by atoms with Crippen molar-refractivity contribution < 1.29 is 48.7 Å². The van der Waals surface area contributed by atoms with E-state index in [2.05, 4.69) is 5.10 Å². The second kappa shape index (κ2) is 7.22. The highest BCUT2D eigenvalue weighted by Gasteiger charge is 2.43. The van der Waals surface area contributed by atoms with Gasteiger partial charge >= 0.3 is 12.4 Å². The fraction of sp³-hybridized carbons (Fsp3) is 0.333. The van der Waals surface area contributed by atoms with Crippen molar-refractivity contribution in [3.8, 4) is 0 Å². The van der Waals surface area contributed by atoms with E-state index in [1.807, 2.05) is 0 Å². The second-order valence-electron chi connectivity index (χ2n) is 5.78. The van der Waals surface area contributed by atoms with Gasteiger partial charge in [-0.1, -0.05) is 0 Å². The molecule has 1 N–H and O–H groups in total. The van der Waals surface area contributed by atoms with Crippen LogP contribution in [0.1, 0.15) is 29.9 Å². The number of aryl methyl sites for hydroxylation is 1. The Hall–Kier alpha value is -2.80. The molecule has 0 saturated carbocycles. The zero-order valence-electron chi connectivity index (χ0n) is 14.2. The van der Waals surface area contributed by atoms with Crippen molar-refractivity contribution in [3.05, 3.63) is 46.3 Å². The first-order valence-electron chi connectivity index (χ1n) is 7.44. The Labute approximate surface area is 155 Å². The smallest absolute Gasteiger partial charge is 0.319 e. The van der Waals surface area contributed by atoms with Crippen LogP contribution in [0.25, 0.3) is 0 Å². The summed E-state index contributed by atoms with van der Waals surface area (Å²) in [7, 11) is 0. The summed E-state index contributed by atoms with van der Waals surface area (Å²) >= 11 is 0. The van der Waals surface area contributed by atoms with Gasteiger partial charge in [0.25, 0.3) is 0 Å². The van der Waals surface area contributed by atoms with Crippen molar-refractivity contribution in [3.63, 3.8) is 0 Å². The number of benzene rings is 1. The van der Waals surface area contributed by atoms with Crippen molar-refractivity contribution in [1.29, 1.82) is 0 Å². The summed E-state index contributed by atoms with van der Waals surface area (Å²) in [4.78, 5) is 12.1. The number of carbonyl (C=O) groups excluding carboxylic acids is 1. The minimum absolute atomic E-state index is 0.203. The van der Waals surface area contributed by atoms with Crippen LogP contribution in [0, 0.1) is 30.2 Å². The summed E-state index contributed by atoms with van der Waals surface area (Å²) in [5, 5.41) is 4.45. The van der Waals surface area contributed by atoms with Gasteiger partial charge in [0.1, 0.15) is 17.3 Å². The van der Waals surface area contributed by atoms with Gasteiger partial charge < -0.3 is 5.32 Å². The molecule has 0 saturated heterocycles. The third-order valence-corrected chi connectivity index (χ3v) is 3.75. The minimum atomic E-state index is -5.77. The average molecular weight is 437 g/mol. The molecule has 1 unspecified atom stereocenters. The zero-order valence-corrected chi connectivity index (χ0v) is 14.2. The number of aromatic nitrogens is 2. The molecule has 14 heteroatoms. The molecule has 1 aromatic heterocycles. The molecule has 2 aromatic rings. The fourth-order valence-corrected chi connectivity index (χ4v) is 2.35. The van der Waals surface area contributed by atoms with Crippen LogP contribution in [0.15, 0.2) is 6.07 Å². The molecule has 0 fully saturated rings. The SMILES string of the molecule is Cc1cc(C(F)(F)F)nn1C(C)C(=O)Nc1c(F)c(F)c(C(F)(F)F)c(F)c1F. The van der Waals surface area contributed by atoms with Crippen molar-refractivity contribution in [2.24, 2.45) is 0 Å². The number of hydrogen-bond donors (Lipinski definition) is 1. The van der Waals surface area contributed by atoms with Gasteiger partial charge in [-0.05, 0) is 19.9 Å². The van der Waals surface area contributed by atoms with Gasteiger partial charge in [0.15, 0.2) is 29.0 Å². The lowest BCUT2D eigenvalue weighted by molar-refractivity contribution is -0.143. The third-order valence-electron chi connectivity index (χ3n) is 3.75. The highest BCUT2D eigenvalue weighted by Crippen LogP contribution is 2.38. The van der Waals surface area contributed by atoms with E-state index in [9.17, 15) is 48.7 Å². The molecule has 29 heavy (non-hydrogen) atoms. The summed E-state index contributed by atoms with van der Waals surface area (Å²) in [6, 6.07) is -1.12. The molecule has 0 aliphatic heterocycles. The Morgan fingerprint density at radius 3 is 1.83 bits per heavy atom. The number of halogens is 10. The van der Waals surface area contributed by atoms with Gasteiger partial charge in [0.2, 0.25) is 5.91 Å². The van der Waals surface area contributed by atoms with Crippen LogP contribution < -0.4 is 5.32 Å². The van der Waals surface area contributed by atoms with Crippen LogP contribution in [0.2, 0.25) is 0 Å². The molecule has 1 heterocycles. The van der Waals surface area contributed by atoms with Crippen LogP contribution in [0.5, 0.6) is 0 Å². The number of carbonyl (C=O) groups is 1. The summed E-state index contributed by atoms with van der Waals surface area (Å²) in [6.07, 6.45) is -10.6. The number of rotatable bonds is 3. The molecule has 0 spiro atoms. The van der Waals surface area contributed by atoms with Crippen molar-refractivity contribution >= 4 is 11.6 Å². The monoisotopic (exact) mass is 437 g/mol. The number of amides is 1. The standard InChI is InChI=1S/C15H9F10N3O/c1-4-3-6(14(20,21)22)27-28(4)5(2)13(29)26-12-10(18)8(16)7(15(23,24)25)9(17)11(12)19/h3,5H,1-2H3,(H,26,29). The minimum Gasteiger partial charge on any atom is -0.319 e. The Morgan fingerprint density at radius 2 is 1.45 bits per heavy atom. The van der Waals surface area contributed by atoms with E-state index in [1.165, 1.54) is 5.32 Å². The molecule has 2 rings (SSSR count). The third kappa shape index (κ3) is 4.15. The van der Waals surface area contributed by atoms with Gasteiger partial charge in [-0.15, -0.1) is 0 Å². The van der Waals surface area contributed by atoms with E-state index in [4.69, 9.17) is 0 Å². The lowest BCUT2D eigenvalue weighted by Gasteiger charge is -2.17. The first-order chi connectivity index (χ1) is 13.1. The highest BCUT2D eigenvalue weighted by molar-refractivity contribution is 5.93. The van der Waals surface area contributed by atoms with Crippen LogP contribution in [0.3, 0.4) is 0 Å². The lowest BCUT2D eigenvalue weighted by Crippen LogP contribution is -2.27. The number of nitrogens with one attached hydrogen (secondary N) is 1. The Kier molecular flexibility index (Phi) is 5.60. The van der Waals surface area contributed by atoms with Gasteiger partial charge in [-0.2, -0.15) is 31.4 Å². The fourth-order valence-electron chi connectivity index (χ4n) is 2.35. The maximum atomic E-state index is 13.8. The maximum absolute atomic E-state index is 13.8. The van der Waals surface area contributed by atoms with Crippen LogP contribution >= 0.6 is 0 Å². The average Bonchev–Trinajstić information content (AvgIpc) is 2.97. The molecule has 160 valence electrons. The lowest BCUT2D eigenvalue weighted by atomic mass is 10.1. The number of anilines is 1. The Balaban J connectivity index is 2.43. The van der Waals surface area contributed by atoms with Gasteiger partial charge in [-0.25, -0.2) is 17.6 Å². The topological polar surface area (TPSA) is 46.9 Å². The normalized spacial score (nSPS) is 13.5.